The lowest BCUT2D eigenvalue weighted by Gasteiger charge is -2.27. The number of morpholine rings is 2. The molecule has 0 saturated carbocycles. The van der Waals surface area contributed by atoms with Gasteiger partial charge in [0.2, 0.25) is 0 Å². The number of pyridine rings is 5. The molecule has 10 aromatic rings. The van der Waals surface area contributed by atoms with Crippen LogP contribution in [0.2, 0.25) is 0 Å². The van der Waals surface area contributed by atoms with Crippen LogP contribution in [-0.4, -0.2) is 264 Å². The van der Waals surface area contributed by atoms with Crippen molar-refractivity contribution in [3.8, 4) is 28.7 Å². The topological polar surface area (TPSA) is 442 Å². The number of hydroxylamine groups is 6. The summed E-state index contributed by atoms with van der Waals surface area (Å²) in [4.78, 5) is 104. The van der Waals surface area contributed by atoms with Gasteiger partial charge in [-0.05, 0) is 71.9 Å². The SMILES string of the molecule is C=C(CNC(=O)c1nc(CN(C)OC)c2cc(C)ccc2c1O)OC.C=C(CNC(=O)c1nc(CN(C)OC)c2cc(C)ccc2c1O)OCC.C=C(CNC(=O)c1nc(CN2CCOCC2)c2cc(C)ccc2c1O)OC.C=C(O)CNC(=O)c1nc(CN(C)OC)c2cc(C)ccc2c1O.C=C(O)CNC(=O)c1nc(CN2CCOCC2)c2cc(C)ccc2c1O. The normalized spacial score (nSPS) is 12.6. The summed E-state index contributed by atoms with van der Waals surface area (Å²) in [6.07, 6.45) is 0. The molecule has 0 radical (unpaired) electrons. The number of carbonyl (C=O) groups excluding carboxylic acids is 5. The summed E-state index contributed by atoms with van der Waals surface area (Å²) in [6.45, 7) is 38.2. The molecule has 12 N–H and O–H groups in total. The molecule has 5 aromatic carbocycles. The van der Waals surface area contributed by atoms with Crippen LogP contribution < -0.4 is 26.6 Å². The van der Waals surface area contributed by atoms with Gasteiger partial charge in [0.05, 0.1) is 149 Å². The number of fused-ring (bicyclic) bond motifs is 5. The highest BCUT2D eigenvalue weighted by Gasteiger charge is 2.28. The van der Waals surface area contributed by atoms with Gasteiger partial charge in [0, 0.05) is 114 Å². The Balaban J connectivity index is 0.000000198. The number of aromatic nitrogens is 5. The number of ether oxygens (including phenoxy) is 5. The zero-order valence-electron chi connectivity index (χ0n) is 75.0. The summed E-state index contributed by atoms with van der Waals surface area (Å²) in [7, 11) is 12.9. The molecule has 12 rings (SSSR count). The van der Waals surface area contributed by atoms with Gasteiger partial charge in [0.15, 0.2) is 57.2 Å². The van der Waals surface area contributed by atoms with Gasteiger partial charge in [-0.25, -0.2) is 24.9 Å². The monoisotopic (exact) mass is 1760 g/mol. The summed E-state index contributed by atoms with van der Waals surface area (Å²) >= 11 is 0. The van der Waals surface area contributed by atoms with Crippen molar-refractivity contribution in [2.45, 2.75) is 74.3 Å². The van der Waals surface area contributed by atoms with Gasteiger partial charge < -0.3 is 101 Å². The lowest BCUT2D eigenvalue weighted by atomic mass is 10.0. The fourth-order valence-electron chi connectivity index (χ4n) is 13.3. The highest BCUT2D eigenvalue weighted by Crippen LogP contribution is 2.37. The molecule has 2 aliphatic rings. The van der Waals surface area contributed by atoms with Gasteiger partial charge in [0.1, 0.15) is 28.8 Å². The lowest BCUT2D eigenvalue weighted by Crippen LogP contribution is -2.36. The van der Waals surface area contributed by atoms with Crippen molar-refractivity contribution in [2.24, 2.45) is 0 Å². The first-order chi connectivity index (χ1) is 61.0. The van der Waals surface area contributed by atoms with Crippen molar-refractivity contribution in [3.05, 3.63) is 237 Å². The fourth-order valence-corrected chi connectivity index (χ4v) is 13.3. The summed E-state index contributed by atoms with van der Waals surface area (Å²) in [5, 5.41) is 95.6. The Labute approximate surface area is 743 Å². The van der Waals surface area contributed by atoms with Gasteiger partial charge in [-0.2, -0.15) is 15.2 Å². The number of hydrogen-bond donors (Lipinski definition) is 12. The predicted octanol–water partition coefficient (Wildman–Crippen LogP) is 10.6. The van der Waals surface area contributed by atoms with Crippen LogP contribution in [-0.2, 0) is 70.9 Å². The van der Waals surface area contributed by atoms with E-state index in [1.165, 1.54) is 21.3 Å². The second-order valence-corrected chi connectivity index (χ2v) is 30.2. The average molecular weight is 1770 g/mol. The average Bonchev–Trinajstić information content (AvgIpc) is 0.791. The number of benzene rings is 5. The fraction of sp³-hybridized carbons (Fsp3) is 0.355. The van der Waals surface area contributed by atoms with Gasteiger partial charge in [0.25, 0.3) is 29.5 Å². The minimum atomic E-state index is -0.591. The molecule has 0 unspecified atom stereocenters. The largest absolute Gasteiger partial charge is 0.511 e. The molecule has 0 spiro atoms. The Kier molecular flexibility index (Phi) is 37.5. The number of nitrogens with one attached hydrogen (secondary N) is 5. The molecule has 684 valence electrons. The maximum absolute atomic E-state index is 12.6. The van der Waals surface area contributed by atoms with Crippen LogP contribution in [0.15, 0.2) is 153 Å². The van der Waals surface area contributed by atoms with Gasteiger partial charge in [-0.15, -0.1) is 0 Å². The van der Waals surface area contributed by atoms with Crippen LogP contribution in [0.4, 0.5) is 0 Å². The number of methoxy groups -OCH3 is 2. The second-order valence-electron chi connectivity index (χ2n) is 30.2. The van der Waals surface area contributed by atoms with Crippen molar-refractivity contribution >= 4 is 83.4 Å². The summed E-state index contributed by atoms with van der Waals surface area (Å²) in [6, 6.07) is 28.1. The zero-order chi connectivity index (χ0) is 93.8. The molecular weight excluding hydrogens is 1650 g/mol. The van der Waals surface area contributed by atoms with E-state index in [0.29, 0.717) is 127 Å². The molecule has 0 atom stereocenters. The van der Waals surface area contributed by atoms with Crippen molar-refractivity contribution in [3.63, 3.8) is 0 Å². The molecule has 35 heteroatoms. The molecule has 5 amide bonds. The van der Waals surface area contributed by atoms with Crippen LogP contribution in [0.3, 0.4) is 0 Å². The number of carbonyl (C=O) groups is 5. The van der Waals surface area contributed by atoms with Crippen molar-refractivity contribution < 1.29 is 97.9 Å². The molecule has 7 heterocycles. The van der Waals surface area contributed by atoms with Crippen LogP contribution >= 0.6 is 0 Å². The number of aryl methyl sites for hydroxylation is 5. The van der Waals surface area contributed by atoms with Gasteiger partial charge in [-0.3, -0.25) is 33.8 Å². The summed E-state index contributed by atoms with van der Waals surface area (Å²) in [5.41, 5.74) is 8.35. The third kappa shape index (κ3) is 27.7. The highest BCUT2D eigenvalue weighted by atomic mass is 16.7. The van der Waals surface area contributed by atoms with Gasteiger partial charge >= 0.3 is 0 Å². The number of aromatic hydroxyl groups is 5. The van der Waals surface area contributed by atoms with Crippen LogP contribution in [0.5, 0.6) is 28.7 Å². The maximum Gasteiger partial charge on any atom is 0.274 e. The van der Waals surface area contributed by atoms with E-state index in [1.54, 1.807) is 74.8 Å². The number of rotatable bonds is 32. The van der Waals surface area contributed by atoms with Crippen LogP contribution in [0.1, 0.15) is 116 Å². The Bertz CT molecular complexity index is 5720. The molecule has 2 saturated heterocycles. The van der Waals surface area contributed by atoms with E-state index < -0.39 is 29.5 Å². The molecule has 5 aromatic heterocycles. The summed E-state index contributed by atoms with van der Waals surface area (Å²) < 4.78 is 25.9. The number of hydrogen-bond acceptors (Lipinski definition) is 30. The quantitative estimate of drug-likeness (QED) is 0.0138. The van der Waals surface area contributed by atoms with E-state index in [2.05, 4.69) is 94.2 Å². The van der Waals surface area contributed by atoms with Crippen molar-refractivity contribution in [1.82, 2.24) is 76.5 Å². The smallest absolute Gasteiger partial charge is 0.274 e. The maximum atomic E-state index is 12.6. The molecule has 2 aliphatic heterocycles. The highest BCUT2D eigenvalue weighted by molar-refractivity contribution is 6.07. The number of nitrogens with zero attached hydrogens (tertiary/aromatic N) is 10. The van der Waals surface area contributed by atoms with E-state index in [9.17, 15) is 54.6 Å². The minimum absolute atomic E-state index is 0.0125. The van der Waals surface area contributed by atoms with Crippen molar-refractivity contribution in [2.75, 3.05) is 149 Å². The molecule has 0 aliphatic carbocycles. The second kappa shape index (κ2) is 47.9. The Morgan fingerprint density at radius 2 is 0.594 bits per heavy atom. The Morgan fingerprint density at radius 1 is 0.367 bits per heavy atom. The first-order valence-electron chi connectivity index (χ1n) is 40.9. The third-order valence-electron chi connectivity index (χ3n) is 20.3. The lowest BCUT2D eigenvalue weighted by molar-refractivity contribution is -0.117. The number of aliphatic hydroxyl groups is 2. The zero-order valence-corrected chi connectivity index (χ0v) is 75.0. The van der Waals surface area contributed by atoms with E-state index in [-0.39, 0.29) is 101 Å². The van der Waals surface area contributed by atoms with Gasteiger partial charge in [-0.1, -0.05) is 121 Å². The first kappa shape index (κ1) is 100. The number of amides is 5. The standard InChI is InChI=1S/C20H25N3O4.C19H23N3O4.C19H25N3O4.C18H23N3O4.C17H21N3O4/c1-13-4-5-15-16(10-13)17(12-23-6-8-27-9-7-23)22-18(19(15)24)20(25)21-11-14(2)26-3;1-12-3-4-14-15(9-12)16(11-22-5-7-26-8-6-22)21-17(18(14)24)19(25)20-10-13(2)23;1-6-26-13(3)10-20-19(24)17-18(23)14-8-7-12(2)9-15(14)16(21-17)11-22(4)25-5;1-11-6-7-13-14(8-11)15(10-21(3)25-5)20-16(17(13)22)18(23)19-9-12(2)24-4;1-10-5-6-12-13(7-10)14(9-20(3)24-4)19-15(16(12)22)17(23)18-8-11(2)21/h4-5,10,24H,2,6-9,11-12H2,1,3H3,(H,21,25);3-4,9,23-24H,2,5-8,10-11H2,1H3,(H,20,25);7-9,23H,3,6,10-11H2,1-2,4-5H3,(H,20,24);6-8,22H,2,9-10H2,1,3-5H3,(H,19,23);5-7,21-22H,2,8-9H2,1,3-4H3,(H,18,23). The Morgan fingerprint density at radius 3 is 0.820 bits per heavy atom. The molecule has 0 bridgehead atoms. The van der Waals surface area contributed by atoms with E-state index in [1.807, 2.05) is 108 Å². The predicted molar refractivity (Wildman–Crippen MR) is 487 cm³/mol. The molecular formula is C93H117N15O20. The van der Waals surface area contributed by atoms with E-state index in [4.69, 9.17) is 43.3 Å². The number of aliphatic hydroxyl groups excluding tert-OH is 2. The molecule has 2 fully saturated rings. The van der Waals surface area contributed by atoms with Crippen LogP contribution in [0.25, 0.3) is 53.9 Å². The Hall–Kier alpha value is -13.2. The summed E-state index contributed by atoms with van der Waals surface area (Å²) in [5.74, 6) is -2.45. The molecule has 128 heavy (non-hydrogen) atoms. The van der Waals surface area contributed by atoms with Crippen LogP contribution in [0, 0.1) is 34.6 Å². The third-order valence-corrected chi connectivity index (χ3v) is 20.3. The minimum Gasteiger partial charge on any atom is -0.511 e. The van der Waals surface area contributed by atoms with E-state index >= 15 is 0 Å². The van der Waals surface area contributed by atoms with E-state index in [0.717, 1.165) is 92.3 Å². The van der Waals surface area contributed by atoms with Crippen molar-refractivity contribution in [1.29, 1.82) is 0 Å². The molecule has 35 nitrogen and oxygen atoms in total. The first-order valence-corrected chi connectivity index (χ1v) is 40.9.